The number of nitrogens with two attached hydrogens (primary N) is 1. The number of nitrogen functional groups attached to an aromatic ring is 1. The van der Waals surface area contributed by atoms with Crippen LogP contribution in [0.5, 0.6) is 0 Å². The zero-order valence-electron chi connectivity index (χ0n) is 9.16. The van der Waals surface area contributed by atoms with Crippen molar-refractivity contribution in [1.29, 1.82) is 0 Å². The van der Waals surface area contributed by atoms with Gasteiger partial charge >= 0.3 is 0 Å². The molecule has 16 heavy (non-hydrogen) atoms. The number of hydrogen-bond acceptors (Lipinski definition) is 3. The maximum Gasteiger partial charge on any atom is 0.150 e. The van der Waals surface area contributed by atoms with Gasteiger partial charge in [0, 0.05) is 17.3 Å². The van der Waals surface area contributed by atoms with Crippen molar-refractivity contribution in [2.45, 2.75) is 19.8 Å². The van der Waals surface area contributed by atoms with Gasteiger partial charge in [0.05, 0.1) is 11.9 Å². The van der Waals surface area contributed by atoms with Gasteiger partial charge in [0.15, 0.2) is 5.82 Å². The van der Waals surface area contributed by atoms with Crippen LogP contribution < -0.4 is 5.73 Å². The Balaban J connectivity index is 2.61. The number of pyridine rings is 1. The highest BCUT2D eigenvalue weighted by atomic mass is 19.1. The Bertz CT molecular complexity index is 504. The van der Waals surface area contributed by atoms with Gasteiger partial charge < -0.3 is 5.73 Å². The summed E-state index contributed by atoms with van der Waals surface area (Å²) >= 11 is 0. The first-order valence-electron chi connectivity index (χ1n) is 5.05. The molecule has 0 bridgehead atoms. The standard InChI is InChI=1S/C11H13FN4/c1-6(2)9-10(15-16-11(9)13)7-3-4-14-5-8(7)12/h3-6H,1-2H3,(H3,13,15,16). The molecule has 2 heterocycles. The summed E-state index contributed by atoms with van der Waals surface area (Å²) in [6.45, 7) is 3.98. The average molecular weight is 220 g/mol. The fourth-order valence-corrected chi connectivity index (χ4v) is 1.73. The number of nitrogens with one attached hydrogen (secondary N) is 1. The summed E-state index contributed by atoms with van der Waals surface area (Å²) in [4.78, 5) is 3.71. The van der Waals surface area contributed by atoms with Gasteiger partial charge in [-0.1, -0.05) is 13.8 Å². The molecule has 5 heteroatoms. The van der Waals surface area contributed by atoms with E-state index in [1.54, 1.807) is 12.3 Å². The van der Waals surface area contributed by atoms with Crippen molar-refractivity contribution in [3.8, 4) is 11.3 Å². The lowest BCUT2D eigenvalue weighted by Crippen LogP contribution is -1.96. The monoisotopic (exact) mass is 220 g/mol. The number of anilines is 1. The van der Waals surface area contributed by atoms with E-state index in [9.17, 15) is 4.39 Å². The lowest BCUT2D eigenvalue weighted by molar-refractivity contribution is 0.624. The number of halogens is 1. The second-order valence-electron chi connectivity index (χ2n) is 3.91. The molecule has 2 rings (SSSR count). The predicted octanol–water partition coefficient (Wildman–Crippen LogP) is 2.32. The van der Waals surface area contributed by atoms with Gasteiger partial charge in [0.25, 0.3) is 0 Å². The van der Waals surface area contributed by atoms with Crippen LogP contribution in [-0.2, 0) is 0 Å². The van der Waals surface area contributed by atoms with Crippen LogP contribution in [0.1, 0.15) is 25.3 Å². The van der Waals surface area contributed by atoms with Crippen LogP contribution in [-0.4, -0.2) is 15.2 Å². The first kappa shape index (κ1) is 10.6. The summed E-state index contributed by atoms with van der Waals surface area (Å²) in [5, 5.41) is 6.69. The Morgan fingerprint density at radius 3 is 2.81 bits per heavy atom. The number of nitrogens with zero attached hydrogens (tertiary/aromatic N) is 2. The molecule has 2 aromatic heterocycles. The first-order valence-corrected chi connectivity index (χ1v) is 5.05. The molecular formula is C11H13FN4. The van der Waals surface area contributed by atoms with E-state index >= 15 is 0 Å². The van der Waals surface area contributed by atoms with E-state index < -0.39 is 0 Å². The quantitative estimate of drug-likeness (QED) is 0.816. The van der Waals surface area contributed by atoms with Crippen molar-refractivity contribution in [3.63, 3.8) is 0 Å². The number of H-pyrrole nitrogens is 1. The van der Waals surface area contributed by atoms with Gasteiger partial charge in [-0.15, -0.1) is 0 Å². The van der Waals surface area contributed by atoms with E-state index in [0.29, 0.717) is 17.1 Å². The van der Waals surface area contributed by atoms with Crippen molar-refractivity contribution >= 4 is 5.82 Å². The lowest BCUT2D eigenvalue weighted by Gasteiger charge is -2.07. The molecule has 4 nitrogen and oxygen atoms in total. The van der Waals surface area contributed by atoms with E-state index in [-0.39, 0.29) is 11.7 Å². The van der Waals surface area contributed by atoms with Gasteiger partial charge in [-0.3, -0.25) is 10.1 Å². The molecule has 0 saturated heterocycles. The molecule has 0 amide bonds. The number of rotatable bonds is 2. The summed E-state index contributed by atoms with van der Waals surface area (Å²) < 4.78 is 13.6. The molecule has 0 aliphatic carbocycles. The molecule has 84 valence electrons. The van der Waals surface area contributed by atoms with Crippen molar-refractivity contribution < 1.29 is 4.39 Å². The highest BCUT2D eigenvalue weighted by Gasteiger charge is 2.17. The molecule has 0 unspecified atom stereocenters. The number of hydrogen-bond donors (Lipinski definition) is 2. The Morgan fingerprint density at radius 2 is 2.19 bits per heavy atom. The molecule has 0 spiro atoms. The topological polar surface area (TPSA) is 67.6 Å². The van der Waals surface area contributed by atoms with Gasteiger partial charge in [0.2, 0.25) is 0 Å². The van der Waals surface area contributed by atoms with Crippen molar-refractivity contribution in [1.82, 2.24) is 15.2 Å². The summed E-state index contributed by atoms with van der Waals surface area (Å²) in [6.07, 6.45) is 2.72. The van der Waals surface area contributed by atoms with Crippen LogP contribution in [0.4, 0.5) is 10.2 Å². The third-order valence-corrected chi connectivity index (χ3v) is 2.45. The molecule has 3 N–H and O–H groups in total. The zero-order chi connectivity index (χ0) is 11.7. The summed E-state index contributed by atoms with van der Waals surface area (Å²) in [5.41, 5.74) is 7.67. The van der Waals surface area contributed by atoms with Crippen LogP contribution in [0.15, 0.2) is 18.5 Å². The highest BCUT2D eigenvalue weighted by Crippen LogP contribution is 2.32. The smallest absolute Gasteiger partial charge is 0.150 e. The van der Waals surface area contributed by atoms with Crippen molar-refractivity contribution in [2.24, 2.45) is 0 Å². The number of aromatic amines is 1. The largest absolute Gasteiger partial charge is 0.382 e. The summed E-state index contributed by atoms with van der Waals surface area (Å²) in [7, 11) is 0. The Hall–Kier alpha value is -1.91. The number of aromatic nitrogens is 3. The average Bonchev–Trinajstić information content (AvgIpc) is 2.61. The van der Waals surface area contributed by atoms with Crippen LogP contribution in [0.25, 0.3) is 11.3 Å². The molecule has 0 fully saturated rings. The SMILES string of the molecule is CC(C)c1c(N)n[nH]c1-c1ccncc1F. The summed E-state index contributed by atoms with van der Waals surface area (Å²) in [5.74, 6) is 0.218. The Labute approximate surface area is 92.7 Å². The minimum absolute atomic E-state index is 0.182. The molecule has 2 aromatic rings. The third kappa shape index (κ3) is 1.64. The first-order chi connectivity index (χ1) is 7.61. The van der Waals surface area contributed by atoms with Crippen LogP contribution in [0, 0.1) is 5.82 Å². The minimum atomic E-state index is -0.381. The maximum absolute atomic E-state index is 13.6. The van der Waals surface area contributed by atoms with Crippen LogP contribution >= 0.6 is 0 Å². The molecule has 0 saturated carbocycles. The van der Waals surface area contributed by atoms with Gasteiger partial charge in [-0.2, -0.15) is 5.10 Å². The Morgan fingerprint density at radius 1 is 1.44 bits per heavy atom. The molecule has 0 aromatic carbocycles. The second kappa shape index (κ2) is 3.92. The van der Waals surface area contributed by atoms with E-state index in [2.05, 4.69) is 15.2 Å². The third-order valence-electron chi connectivity index (χ3n) is 2.45. The molecule has 0 radical (unpaired) electrons. The zero-order valence-corrected chi connectivity index (χ0v) is 9.16. The van der Waals surface area contributed by atoms with Crippen LogP contribution in [0.3, 0.4) is 0 Å². The summed E-state index contributed by atoms with van der Waals surface area (Å²) in [6, 6.07) is 1.61. The van der Waals surface area contributed by atoms with Crippen LogP contribution in [0.2, 0.25) is 0 Å². The Kier molecular flexibility index (Phi) is 2.60. The van der Waals surface area contributed by atoms with Crippen molar-refractivity contribution in [2.75, 3.05) is 5.73 Å². The van der Waals surface area contributed by atoms with Gasteiger partial charge in [-0.05, 0) is 12.0 Å². The van der Waals surface area contributed by atoms with Crippen molar-refractivity contribution in [3.05, 3.63) is 29.8 Å². The molecule has 0 aliphatic heterocycles. The molecule has 0 atom stereocenters. The van der Waals surface area contributed by atoms with Gasteiger partial charge in [-0.25, -0.2) is 4.39 Å². The highest BCUT2D eigenvalue weighted by molar-refractivity contribution is 5.68. The van der Waals surface area contributed by atoms with Gasteiger partial charge in [0.1, 0.15) is 5.82 Å². The molecular weight excluding hydrogens is 207 g/mol. The van der Waals surface area contributed by atoms with E-state index in [1.165, 1.54) is 6.20 Å². The molecule has 0 aliphatic rings. The maximum atomic E-state index is 13.6. The van der Waals surface area contributed by atoms with E-state index in [1.807, 2.05) is 13.8 Å². The fraction of sp³-hybridized carbons (Fsp3) is 0.273. The van der Waals surface area contributed by atoms with E-state index in [4.69, 9.17) is 5.73 Å². The lowest BCUT2D eigenvalue weighted by atomic mass is 9.99. The minimum Gasteiger partial charge on any atom is -0.382 e. The normalized spacial score (nSPS) is 11.0. The second-order valence-corrected chi connectivity index (χ2v) is 3.91. The fourth-order valence-electron chi connectivity index (χ4n) is 1.73. The van der Waals surface area contributed by atoms with E-state index in [0.717, 1.165) is 5.56 Å². The predicted molar refractivity (Wildman–Crippen MR) is 60.3 cm³/mol.